The number of hydrogen-bond donors (Lipinski definition) is 2. The molecule has 1 aromatic rings. The van der Waals surface area contributed by atoms with Crippen LogP contribution in [0.5, 0.6) is 0 Å². The Morgan fingerprint density at radius 2 is 2.08 bits per heavy atom. The maximum absolute atomic E-state index is 5.62. The molecule has 0 saturated carbocycles. The number of aliphatic imine (C=N–C) groups is 1. The van der Waals surface area contributed by atoms with Crippen molar-refractivity contribution in [3.8, 4) is 0 Å². The molecule has 0 spiro atoms. The number of rotatable bonds is 8. The van der Waals surface area contributed by atoms with Crippen molar-refractivity contribution < 1.29 is 4.74 Å². The molecule has 1 aliphatic rings. The highest BCUT2D eigenvalue weighted by Crippen LogP contribution is 2.12. The van der Waals surface area contributed by atoms with Gasteiger partial charge in [-0.3, -0.25) is 9.89 Å². The fourth-order valence-corrected chi connectivity index (χ4v) is 3.12. The van der Waals surface area contributed by atoms with Gasteiger partial charge >= 0.3 is 0 Å². The molecule has 2 rings (SSSR count). The number of guanidine groups is 1. The van der Waals surface area contributed by atoms with E-state index in [9.17, 15) is 0 Å². The Labute approximate surface area is 176 Å². The molecule has 1 heterocycles. The smallest absolute Gasteiger partial charge is 0.191 e. The summed E-state index contributed by atoms with van der Waals surface area (Å²) in [6.07, 6.45) is 4.01. The first-order valence-corrected chi connectivity index (χ1v) is 9.57. The van der Waals surface area contributed by atoms with Crippen LogP contribution in [0.3, 0.4) is 0 Å². The van der Waals surface area contributed by atoms with Gasteiger partial charge in [-0.2, -0.15) is 0 Å². The Hall–Kier alpha value is -0.860. The molecule has 5 nitrogen and oxygen atoms in total. The lowest BCUT2D eigenvalue weighted by Gasteiger charge is -2.31. The second kappa shape index (κ2) is 13.3. The van der Waals surface area contributed by atoms with Gasteiger partial charge in [0, 0.05) is 39.8 Å². The summed E-state index contributed by atoms with van der Waals surface area (Å²) < 4.78 is 5.62. The van der Waals surface area contributed by atoms with Crippen LogP contribution in [-0.2, 0) is 17.8 Å². The van der Waals surface area contributed by atoms with E-state index in [0.717, 1.165) is 45.3 Å². The normalized spacial score (nSPS) is 18.3. The van der Waals surface area contributed by atoms with Crippen molar-refractivity contribution in [2.45, 2.75) is 52.3 Å². The van der Waals surface area contributed by atoms with Crippen LogP contribution in [0.15, 0.2) is 29.3 Å². The standard InChI is InChI=1S/C20H34N4O.HI/c1-4-5-6-10-22-20(21-3)23-14-18-8-7-9-19(13-18)16-24-11-12-25-17(2)15-24;/h7-9,13,17H,4-6,10-12,14-16H2,1-3H3,(H2,21,22,23);1H. The topological polar surface area (TPSA) is 48.9 Å². The van der Waals surface area contributed by atoms with Crippen LogP contribution in [0.1, 0.15) is 44.2 Å². The number of morpholine rings is 1. The number of nitrogens with zero attached hydrogens (tertiary/aromatic N) is 2. The zero-order valence-corrected chi connectivity index (χ0v) is 18.8. The molecule has 1 aromatic carbocycles. The minimum atomic E-state index is 0. The van der Waals surface area contributed by atoms with Crippen LogP contribution < -0.4 is 10.6 Å². The molecule has 1 saturated heterocycles. The van der Waals surface area contributed by atoms with E-state index in [2.05, 4.69) is 58.6 Å². The molecule has 1 atom stereocenters. The van der Waals surface area contributed by atoms with Gasteiger partial charge in [-0.25, -0.2) is 0 Å². The maximum atomic E-state index is 5.62. The molecule has 26 heavy (non-hydrogen) atoms. The van der Waals surface area contributed by atoms with Crippen LogP contribution in [-0.4, -0.2) is 50.3 Å². The minimum Gasteiger partial charge on any atom is -0.376 e. The minimum absolute atomic E-state index is 0. The van der Waals surface area contributed by atoms with Gasteiger partial charge in [0.25, 0.3) is 0 Å². The van der Waals surface area contributed by atoms with Gasteiger partial charge in [0.1, 0.15) is 0 Å². The fraction of sp³-hybridized carbons (Fsp3) is 0.650. The molecular formula is C20H35IN4O. The number of benzene rings is 1. The third-order valence-electron chi connectivity index (χ3n) is 4.48. The first kappa shape index (κ1) is 23.2. The summed E-state index contributed by atoms with van der Waals surface area (Å²) in [5.74, 6) is 0.878. The van der Waals surface area contributed by atoms with Crippen LogP contribution >= 0.6 is 24.0 Å². The summed E-state index contributed by atoms with van der Waals surface area (Å²) >= 11 is 0. The Bertz CT molecular complexity index is 538. The number of nitrogens with one attached hydrogen (secondary N) is 2. The zero-order valence-electron chi connectivity index (χ0n) is 16.5. The second-order valence-electron chi connectivity index (χ2n) is 6.80. The molecule has 2 N–H and O–H groups in total. The van der Waals surface area contributed by atoms with E-state index in [-0.39, 0.29) is 24.0 Å². The predicted molar refractivity (Wildman–Crippen MR) is 120 cm³/mol. The third-order valence-corrected chi connectivity index (χ3v) is 4.48. The second-order valence-corrected chi connectivity index (χ2v) is 6.80. The number of halogens is 1. The monoisotopic (exact) mass is 474 g/mol. The van der Waals surface area contributed by atoms with E-state index < -0.39 is 0 Å². The van der Waals surface area contributed by atoms with E-state index in [1.807, 2.05) is 7.05 Å². The van der Waals surface area contributed by atoms with E-state index in [0.29, 0.717) is 6.10 Å². The Morgan fingerprint density at radius 3 is 2.81 bits per heavy atom. The predicted octanol–water partition coefficient (Wildman–Crippen LogP) is 3.38. The summed E-state index contributed by atoms with van der Waals surface area (Å²) in [6.45, 7) is 9.98. The summed E-state index contributed by atoms with van der Waals surface area (Å²) in [5, 5.41) is 6.78. The number of unbranched alkanes of at least 4 members (excludes halogenated alkanes) is 2. The van der Waals surface area contributed by atoms with Crippen molar-refractivity contribution in [3.05, 3.63) is 35.4 Å². The Balaban J connectivity index is 0.00000338. The van der Waals surface area contributed by atoms with Gasteiger partial charge in [-0.15, -0.1) is 24.0 Å². The SMILES string of the molecule is CCCCCNC(=NC)NCc1cccc(CN2CCOC(C)C2)c1.I. The highest BCUT2D eigenvalue weighted by atomic mass is 127. The van der Waals surface area contributed by atoms with Crippen LogP contribution in [0.2, 0.25) is 0 Å². The van der Waals surface area contributed by atoms with E-state index in [4.69, 9.17) is 4.74 Å². The summed E-state index contributed by atoms with van der Waals surface area (Å²) in [7, 11) is 1.82. The average Bonchev–Trinajstić information content (AvgIpc) is 2.61. The van der Waals surface area contributed by atoms with Crippen molar-refractivity contribution in [2.24, 2.45) is 4.99 Å². The first-order chi connectivity index (χ1) is 12.2. The molecule has 1 aliphatic heterocycles. The quantitative estimate of drug-likeness (QED) is 0.263. The summed E-state index contributed by atoms with van der Waals surface area (Å²) in [5.41, 5.74) is 2.65. The van der Waals surface area contributed by atoms with Crippen LogP contribution in [0, 0.1) is 0 Å². The van der Waals surface area contributed by atoms with E-state index in [1.165, 1.54) is 30.4 Å². The molecule has 0 aliphatic carbocycles. The number of hydrogen-bond acceptors (Lipinski definition) is 3. The van der Waals surface area contributed by atoms with Crippen molar-refractivity contribution in [1.82, 2.24) is 15.5 Å². The largest absolute Gasteiger partial charge is 0.376 e. The van der Waals surface area contributed by atoms with E-state index >= 15 is 0 Å². The molecule has 0 amide bonds. The van der Waals surface area contributed by atoms with Gasteiger partial charge in [0.05, 0.1) is 12.7 Å². The van der Waals surface area contributed by atoms with Crippen molar-refractivity contribution >= 4 is 29.9 Å². The number of ether oxygens (including phenoxy) is 1. The van der Waals surface area contributed by atoms with Gasteiger partial charge < -0.3 is 15.4 Å². The van der Waals surface area contributed by atoms with Crippen molar-refractivity contribution in [1.29, 1.82) is 0 Å². The van der Waals surface area contributed by atoms with E-state index in [1.54, 1.807) is 0 Å². The van der Waals surface area contributed by atoms with Gasteiger partial charge in [-0.1, -0.05) is 44.0 Å². The van der Waals surface area contributed by atoms with Crippen LogP contribution in [0.4, 0.5) is 0 Å². The first-order valence-electron chi connectivity index (χ1n) is 9.57. The van der Waals surface area contributed by atoms with Crippen LogP contribution in [0.25, 0.3) is 0 Å². The highest BCUT2D eigenvalue weighted by molar-refractivity contribution is 14.0. The van der Waals surface area contributed by atoms with Gasteiger partial charge in [-0.05, 0) is 24.5 Å². The molecule has 1 unspecified atom stereocenters. The van der Waals surface area contributed by atoms with Crippen molar-refractivity contribution in [3.63, 3.8) is 0 Å². The molecule has 0 aromatic heterocycles. The molecule has 0 radical (unpaired) electrons. The molecule has 148 valence electrons. The Morgan fingerprint density at radius 1 is 1.27 bits per heavy atom. The third kappa shape index (κ3) is 8.68. The van der Waals surface area contributed by atoms with Gasteiger partial charge in [0.2, 0.25) is 0 Å². The summed E-state index contributed by atoms with van der Waals surface area (Å²) in [6, 6.07) is 8.81. The molecule has 1 fully saturated rings. The molecule has 0 bridgehead atoms. The Kier molecular flexibility index (Phi) is 11.9. The highest BCUT2D eigenvalue weighted by Gasteiger charge is 2.16. The maximum Gasteiger partial charge on any atom is 0.191 e. The lowest BCUT2D eigenvalue weighted by Crippen LogP contribution is -2.40. The lowest BCUT2D eigenvalue weighted by molar-refractivity contribution is -0.0212. The van der Waals surface area contributed by atoms with Gasteiger partial charge in [0.15, 0.2) is 5.96 Å². The van der Waals surface area contributed by atoms with Crippen molar-refractivity contribution in [2.75, 3.05) is 33.3 Å². The lowest BCUT2D eigenvalue weighted by atomic mass is 10.1. The average molecular weight is 474 g/mol. The molecular weight excluding hydrogens is 439 g/mol. The summed E-state index contributed by atoms with van der Waals surface area (Å²) in [4.78, 5) is 6.76. The fourth-order valence-electron chi connectivity index (χ4n) is 3.12. The molecule has 6 heteroatoms. The zero-order chi connectivity index (χ0) is 17.9.